The molecule has 0 aliphatic rings. The molecular weight excluding hydrogens is 442 g/mol. The van der Waals surface area contributed by atoms with Crippen molar-refractivity contribution in [2.24, 2.45) is 0 Å². The molecule has 192 valence electrons. The van der Waals surface area contributed by atoms with E-state index in [0.29, 0.717) is 0 Å². The van der Waals surface area contributed by atoms with E-state index in [4.69, 9.17) is 18.9 Å². The Labute approximate surface area is 202 Å². The highest BCUT2D eigenvalue weighted by Gasteiger charge is 2.28. The minimum absolute atomic E-state index is 0.00783. The van der Waals surface area contributed by atoms with Gasteiger partial charge in [0.25, 0.3) is 0 Å². The summed E-state index contributed by atoms with van der Waals surface area (Å²) in [7, 11) is 0. The normalized spacial score (nSPS) is 13.0. The van der Waals surface area contributed by atoms with E-state index in [1.165, 1.54) is 6.20 Å². The Kier molecular flexibility index (Phi) is 9.84. The number of alkyl carbamates (subject to hydrolysis) is 1. The van der Waals surface area contributed by atoms with E-state index >= 15 is 0 Å². The van der Waals surface area contributed by atoms with Gasteiger partial charge in [0.15, 0.2) is 5.78 Å². The fourth-order valence-electron chi connectivity index (χ4n) is 2.58. The number of ether oxygens (including phenoxy) is 4. The van der Waals surface area contributed by atoms with Crippen LogP contribution in [-0.4, -0.2) is 57.3 Å². The summed E-state index contributed by atoms with van der Waals surface area (Å²) >= 11 is 0. The maximum Gasteiger partial charge on any atom is 0.408 e. The molecule has 0 fully saturated rings. The Morgan fingerprint density at radius 3 is 2.03 bits per heavy atom. The molecule has 1 aromatic rings. The third-order valence-corrected chi connectivity index (χ3v) is 3.75. The first-order valence-electron chi connectivity index (χ1n) is 11.3. The summed E-state index contributed by atoms with van der Waals surface area (Å²) in [5.41, 5.74) is -1.76. The molecule has 10 heteroatoms. The molecule has 0 unspecified atom stereocenters. The first-order valence-corrected chi connectivity index (χ1v) is 11.3. The standard InChI is InChI=1S/C24H39N3O7/c1-11-31-19(29)16(26-21(30)34-24(8,9)10)12-13-17(28)15-14-25-20(33-23(5,6)7)27-18(15)32-22(2,3)4/h14,16H,11-13H2,1-10H3,(H,26,30)/t16-/m0/s1. The highest BCUT2D eigenvalue weighted by Crippen LogP contribution is 2.26. The lowest BCUT2D eigenvalue weighted by Crippen LogP contribution is -2.44. The minimum atomic E-state index is -1.06. The number of carbonyl (C=O) groups is 3. The van der Waals surface area contributed by atoms with E-state index in [2.05, 4.69) is 15.3 Å². The zero-order valence-corrected chi connectivity index (χ0v) is 22.0. The molecule has 10 nitrogen and oxygen atoms in total. The summed E-state index contributed by atoms with van der Waals surface area (Å²) in [6.45, 7) is 18.0. The van der Waals surface area contributed by atoms with Gasteiger partial charge in [0.2, 0.25) is 5.88 Å². The minimum Gasteiger partial charge on any atom is -0.471 e. The number of esters is 1. The molecule has 0 radical (unpaired) electrons. The van der Waals surface area contributed by atoms with Crippen LogP contribution in [0.25, 0.3) is 0 Å². The third-order valence-electron chi connectivity index (χ3n) is 3.75. The van der Waals surface area contributed by atoms with E-state index in [-0.39, 0.29) is 42.7 Å². The lowest BCUT2D eigenvalue weighted by Gasteiger charge is -2.24. The number of nitrogens with one attached hydrogen (secondary N) is 1. The number of hydrogen-bond donors (Lipinski definition) is 1. The summed E-state index contributed by atoms with van der Waals surface area (Å²) in [6.07, 6.45) is 0.467. The first-order chi connectivity index (χ1) is 15.4. The van der Waals surface area contributed by atoms with E-state index < -0.39 is 34.9 Å². The molecule has 1 N–H and O–H groups in total. The van der Waals surface area contributed by atoms with Crippen molar-refractivity contribution in [3.63, 3.8) is 0 Å². The number of hydrogen-bond acceptors (Lipinski definition) is 9. The van der Waals surface area contributed by atoms with Gasteiger partial charge in [-0.25, -0.2) is 14.6 Å². The summed E-state index contributed by atoms with van der Waals surface area (Å²) in [4.78, 5) is 46.0. The fourth-order valence-corrected chi connectivity index (χ4v) is 2.58. The Morgan fingerprint density at radius 2 is 1.53 bits per heavy atom. The summed E-state index contributed by atoms with van der Waals surface area (Å²) in [6, 6.07) is -0.977. The van der Waals surface area contributed by atoms with Crippen LogP contribution in [0, 0.1) is 0 Å². The molecule has 1 amide bonds. The number of rotatable bonds is 9. The van der Waals surface area contributed by atoms with E-state index in [1.54, 1.807) is 27.7 Å². The highest BCUT2D eigenvalue weighted by atomic mass is 16.6. The van der Waals surface area contributed by atoms with Gasteiger partial charge < -0.3 is 24.3 Å². The van der Waals surface area contributed by atoms with Gasteiger partial charge in [-0.1, -0.05) is 0 Å². The van der Waals surface area contributed by atoms with E-state index in [1.807, 2.05) is 41.5 Å². The van der Waals surface area contributed by atoms with Gasteiger partial charge in [-0.3, -0.25) is 4.79 Å². The zero-order valence-electron chi connectivity index (χ0n) is 22.0. The second-order valence-electron chi connectivity index (χ2n) is 10.7. The van der Waals surface area contributed by atoms with Gasteiger partial charge in [0, 0.05) is 12.6 Å². The lowest BCUT2D eigenvalue weighted by atomic mass is 10.0. The molecule has 0 aromatic carbocycles. The highest BCUT2D eigenvalue weighted by molar-refractivity contribution is 5.98. The van der Waals surface area contributed by atoms with Crippen molar-refractivity contribution in [3.8, 4) is 11.9 Å². The van der Waals surface area contributed by atoms with Gasteiger partial charge in [0.1, 0.15) is 22.8 Å². The van der Waals surface area contributed by atoms with Gasteiger partial charge in [0.05, 0.1) is 12.2 Å². The molecule has 0 saturated heterocycles. The predicted molar refractivity (Wildman–Crippen MR) is 126 cm³/mol. The van der Waals surface area contributed by atoms with Gasteiger partial charge in [-0.15, -0.1) is 0 Å². The largest absolute Gasteiger partial charge is 0.471 e. The van der Waals surface area contributed by atoms with Gasteiger partial charge in [-0.2, -0.15) is 4.98 Å². The third kappa shape index (κ3) is 11.3. The van der Waals surface area contributed by atoms with E-state index in [0.717, 1.165) is 0 Å². The fraction of sp³-hybridized carbons (Fsp3) is 0.708. The Morgan fingerprint density at radius 1 is 0.941 bits per heavy atom. The summed E-state index contributed by atoms with van der Waals surface area (Å²) in [5, 5.41) is 2.48. The molecule has 0 saturated carbocycles. The number of amides is 1. The van der Waals surface area contributed by atoms with Crippen molar-refractivity contribution in [2.45, 2.75) is 105 Å². The predicted octanol–water partition coefficient (Wildman–Crippen LogP) is 4.25. The summed E-state index contributed by atoms with van der Waals surface area (Å²) < 4.78 is 21.8. The van der Waals surface area contributed by atoms with Crippen molar-refractivity contribution in [2.75, 3.05) is 6.61 Å². The Balaban J connectivity index is 3.08. The Bertz CT molecular complexity index is 865. The van der Waals surface area contributed by atoms with Gasteiger partial charge >= 0.3 is 18.1 Å². The topological polar surface area (TPSA) is 126 Å². The molecule has 0 aliphatic heterocycles. The summed E-state index contributed by atoms with van der Waals surface area (Å²) in [5.74, 6) is -0.932. The lowest BCUT2D eigenvalue weighted by molar-refractivity contribution is -0.145. The van der Waals surface area contributed by atoms with Gasteiger partial charge in [-0.05, 0) is 75.7 Å². The molecule has 1 atom stereocenters. The van der Waals surface area contributed by atoms with Crippen LogP contribution in [0.5, 0.6) is 11.9 Å². The van der Waals surface area contributed by atoms with Crippen molar-refractivity contribution < 1.29 is 33.3 Å². The number of aromatic nitrogens is 2. The number of nitrogens with zero attached hydrogens (tertiary/aromatic N) is 2. The average molecular weight is 482 g/mol. The molecule has 1 aromatic heterocycles. The van der Waals surface area contributed by atoms with Crippen molar-refractivity contribution in [3.05, 3.63) is 11.8 Å². The molecule has 0 bridgehead atoms. The molecular formula is C24H39N3O7. The molecule has 34 heavy (non-hydrogen) atoms. The quantitative estimate of drug-likeness (QED) is 0.407. The van der Waals surface area contributed by atoms with Crippen LogP contribution in [0.15, 0.2) is 6.20 Å². The van der Waals surface area contributed by atoms with E-state index in [9.17, 15) is 14.4 Å². The molecule has 1 heterocycles. The monoisotopic (exact) mass is 481 g/mol. The number of ketones is 1. The molecule has 0 aliphatic carbocycles. The maximum absolute atomic E-state index is 13.1. The first kappa shape index (κ1) is 29.1. The Hall–Kier alpha value is -2.91. The second-order valence-corrected chi connectivity index (χ2v) is 10.7. The zero-order chi connectivity index (χ0) is 26.3. The average Bonchev–Trinajstić information content (AvgIpc) is 2.61. The number of carbonyl (C=O) groups excluding carboxylic acids is 3. The van der Waals surface area contributed by atoms with Crippen LogP contribution in [0.2, 0.25) is 0 Å². The number of Topliss-reactive ketones (excluding diaryl/α,β-unsaturated/α-hetero) is 1. The molecule has 1 rings (SSSR count). The second kappa shape index (κ2) is 11.5. The van der Waals surface area contributed by atoms with Crippen molar-refractivity contribution in [1.82, 2.24) is 15.3 Å². The van der Waals surface area contributed by atoms with Crippen LogP contribution in [0.4, 0.5) is 4.79 Å². The SMILES string of the molecule is CCOC(=O)[C@H](CCC(=O)c1cnc(OC(C)(C)C)nc1OC(C)(C)C)NC(=O)OC(C)(C)C. The van der Waals surface area contributed by atoms with Crippen LogP contribution >= 0.6 is 0 Å². The maximum atomic E-state index is 13.1. The van der Waals surface area contributed by atoms with Crippen LogP contribution in [0.1, 0.15) is 92.4 Å². The van der Waals surface area contributed by atoms with Crippen LogP contribution in [0.3, 0.4) is 0 Å². The van der Waals surface area contributed by atoms with Crippen molar-refractivity contribution >= 4 is 17.8 Å². The molecule has 0 spiro atoms. The van der Waals surface area contributed by atoms with Crippen LogP contribution < -0.4 is 14.8 Å². The van der Waals surface area contributed by atoms with Crippen molar-refractivity contribution in [1.29, 1.82) is 0 Å². The van der Waals surface area contributed by atoms with Crippen LogP contribution in [-0.2, 0) is 14.3 Å². The smallest absolute Gasteiger partial charge is 0.408 e.